The molecule has 0 atom stereocenters. The lowest BCUT2D eigenvalue weighted by Crippen LogP contribution is -2.11. The van der Waals surface area contributed by atoms with Crippen LogP contribution in [-0.2, 0) is 0 Å². The van der Waals surface area contributed by atoms with E-state index in [1.165, 1.54) is 29.7 Å². The van der Waals surface area contributed by atoms with Crippen LogP contribution < -0.4 is 4.80 Å². The summed E-state index contributed by atoms with van der Waals surface area (Å²) in [5.74, 6) is 0.550. The second kappa shape index (κ2) is 7.49. The maximum atomic E-state index is 10.8. The molecule has 0 saturated heterocycles. The first-order valence-electron chi connectivity index (χ1n) is 8.24. The van der Waals surface area contributed by atoms with Gasteiger partial charge in [0.15, 0.2) is 11.5 Å². The van der Waals surface area contributed by atoms with Crippen molar-refractivity contribution >= 4 is 29.1 Å². The van der Waals surface area contributed by atoms with Crippen LogP contribution in [0.4, 0.5) is 11.6 Å². The maximum Gasteiger partial charge on any atom is 0.433 e. The Morgan fingerprint density at radius 2 is 2.00 bits per heavy atom. The molecule has 0 aliphatic rings. The summed E-state index contributed by atoms with van der Waals surface area (Å²) < 4.78 is 12.2. The van der Waals surface area contributed by atoms with Crippen LogP contribution in [0.3, 0.4) is 0 Å². The van der Waals surface area contributed by atoms with Gasteiger partial charge in [0.1, 0.15) is 10.6 Å². The normalized spacial score (nSPS) is 12.1. The Bertz CT molecular complexity index is 1200. The summed E-state index contributed by atoms with van der Waals surface area (Å²) in [6, 6.07) is 14.2. The summed E-state index contributed by atoms with van der Waals surface area (Å²) in [5.41, 5.74) is 2.64. The van der Waals surface area contributed by atoms with Crippen molar-refractivity contribution in [1.82, 2.24) is 4.68 Å². The lowest BCUT2D eigenvalue weighted by Gasteiger charge is -2.00. The fourth-order valence-corrected chi connectivity index (χ4v) is 3.27. The van der Waals surface area contributed by atoms with Crippen LogP contribution in [0.2, 0.25) is 0 Å². The summed E-state index contributed by atoms with van der Waals surface area (Å²) >= 11 is 1.40. The Labute approximate surface area is 162 Å². The minimum Gasteiger partial charge on any atom is -0.463 e. The molecule has 0 saturated carbocycles. The lowest BCUT2D eigenvalue weighted by molar-refractivity contribution is -0.402. The molecule has 9 heteroatoms. The van der Waals surface area contributed by atoms with Gasteiger partial charge < -0.3 is 8.83 Å². The van der Waals surface area contributed by atoms with Crippen LogP contribution in [0, 0.1) is 17.0 Å². The Morgan fingerprint density at radius 1 is 1.18 bits per heavy atom. The Morgan fingerprint density at radius 3 is 2.68 bits per heavy atom. The third-order valence-corrected chi connectivity index (χ3v) is 4.63. The third-order valence-electron chi connectivity index (χ3n) is 3.81. The highest BCUT2D eigenvalue weighted by molar-refractivity contribution is 7.07. The first-order chi connectivity index (χ1) is 13.6. The summed E-state index contributed by atoms with van der Waals surface area (Å²) in [6.45, 7) is 2.01. The predicted molar refractivity (Wildman–Crippen MR) is 105 cm³/mol. The average Bonchev–Trinajstić information content (AvgIpc) is 3.42. The van der Waals surface area contributed by atoms with Crippen molar-refractivity contribution in [3.8, 4) is 11.5 Å². The van der Waals surface area contributed by atoms with Gasteiger partial charge in [-0.15, -0.1) is 11.3 Å². The molecule has 0 N–H and O–H groups in total. The largest absolute Gasteiger partial charge is 0.463 e. The van der Waals surface area contributed by atoms with Crippen LogP contribution in [0.5, 0.6) is 0 Å². The molecule has 4 rings (SSSR count). The molecule has 0 unspecified atom stereocenters. The Balaban J connectivity index is 1.78. The first kappa shape index (κ1) is 17.7. The van der Waals surface area contributed by atoms with Gasteiger partial charge in [-0.1, -0.05) is 17.7 Å². The van der Waals surface area contributed by atoms with Gasteiger partial charge >= 0.3 is 5.88 Å². The number of hydrogen-bond acceptors (Lipinski definition) is 7. The van der Waals surface area contributed by atoms with Gasteiger partial charge in [0.2, 0.25) is 4.80 Å². The van der Waals surface area contributed by atoms with E-state index >= 15 is 0 Å². The van der Waals surface area contributed by atoms with Gasteiger partial charge in [-0.05, 0) is 37.3 Å². The van der Waals surface area contributed by atoms with Gasteiger partial charge in [-0.25, -0.2) is 9.67 Å². The van der Waals surface area contributed by atoms with Gasteiger partial charge in [0.05, 0.1) is 24.2 Å². The van der Waals surface area contributed by atoms with Crippen molar-refractivity contribution in [3.63, 3.8) is 0 Å². The van der Waals surface area contributed by atoms with Gasteiger partial charge in [0, 0.05) is 5.38 Å². The molecule has 4 aromatic rings. The molecule has 140 valence electrons. The van der Waals surface area contributed by atoms with E-state index < -0.39 is 4.92 Å². The van der Waals surface area contributed by atoms with E-state index in [1.54, 1.807) is 17.0 Å². The standard InChI is InChI=1S/C19H14N4O4S/c1-13-4-6-14(7-5-13)21-19-22(16(12-28-19)17-3-2-10-26-17)20-11-15-8-9-18(27-15)23(24)25/h2-12H,1H3. The van der Waals surface area contributed by atoms with E-state index in [1.807, 2.05) is 42.6 Å². The highest BCUT2D eigenvalue weighted by atomic mass is 32.1. The molecule has 0 aliphatic carbocycles. The van der Waals surface area contributed by atoms with Crippen molar-refractivity contribution in [1.29, 1.82) is 0 Å². The molecule has 0 spiro atoms. The summed E-state index contributed by atoms with van der Waals surface area (Å²) in [4.78, 5) is 15.4. The smallest absolute Gasteiger partial charge is 0.433 e. The number of furan rings is 2. The number of aryl methyl sites for hydroxylation is 1. The lowest BCUT2D eigenvalue weighted by atomic mass is 10.2. The summed E-state index contributed by atoms with van der Waals surface area (Å²) in [5, 5.41) is 17.1. The van der Waals surface area contributed by atoms with Gasteiger partial charge in [0.25, 0.3) is 0 Å². The predicted octanol–water partition coefficient (Wildman–Crippen LogP) is 4.73. The minimum atomic E-state index is -0.596. The molecule has 28 heavy (non-hydrogen) atoms. The minimum absolute atomic E-state index is 0.261. The maximum absolute atomic E-state index is 10.8. The van der Waals surface area contributed by atoms with E-state index in [-0.39, 0.29) is 11.6 Å². The first-order valence-corrected chi connectivity index (χ1v) is 9.12. The number of benzene rings is 1. The van der Waals surface area contributed by atoms with E-state index in [0.717, 1.165) is 11.3 Å². The van der Waals surface area contributed by atoms with Crippen molar-refractivity contribution < 1.29 is 13.8 Å². The summed E-state index contributed by atoms with van der Waals surface area (Å²) in [6.07, 6.45) is 2.98. The zero-order valence-corrected chi connectivity index (χ0v) is 15.5. The van der Waals surface area contributed by atoms with E-state index in [0.29, 0.717) is 16.3 Å². The monoisotopic (exact) mass is 394 g/mol. The van der Waals surface area contributed by atoms with Crippen molar-refractivity contribution in [2.24, 2.45) is 10.1 Å². The van der Waals surface area contributed by atoms with Gasteiger partial charge in [-0.2, -0.15) is 5.10 Å². The topological polar surface area (TPSA) is 99.1 Å². The Hall–Kier alpha value is -3.72. The Kier molecular flexibility index (Phi) is 4.73. The molecule has 0 radical (unpaired) electrons. The molecule has 3 aromatic heterocycles. The van der Waals surface area contributed by atoms with Crippen LogP contribution >= 0.6 is 11.3 Å². The summed E-state index contributed by atoms with van der Waals surface area (Å²) in [7, 11) is 0. The second-order valence-corrected chi connectivity index (χ2v) is 6.65. The van der Waals surface area contributed by atoms with Crippen LogP contribution in [0.1, 0.15) is 11.3 Å². The van der Waals surface area contributed by atoms with Crippen LogP contribution in [-0.4, -0.2) is 15.8 Å². The number of nitrogens with zero attached hydrogens (tertiary/aromatic N) is 4. The fraction of sp³-hybridized carbons (Fsp3) is 0.0526. The quantitative estimate of drug-likeness (QED) is 0.277. The van der Waals surface area contributed by atoms with E-state index in [2.05, 4.69) is 10.1 Å². The average molecular weight is 394 g/mol. The molecule has 0 aliphatic heterocycles. The molecule has 0 fully saturated rings. The molecular formula is C19H14N4O4S. The zero-order valence-electron chi connectivity index (χ0n) is 14.7. The van der Waals surface area contributed by atoms with Crippen LogP contribution in [0.25, 0.3) is 11.5 Å². The molecular weight excluding hydrogens is 380 g/mol. The van der Waals surface area contributed by atoms with Crippen molar-refractivity contribution in [2.45, 2.75) is 6.92 Å². The number of thiazole rings is 1. The third kappa shape index (κ3) is 3.69. The zero-order chi connectivity index (χ0) is 19.5. The number of hydrogen-bond donors (Lipinski definition) is 0. The van der Waals surface area contributed by atoms with Crippen LogP contribution in [0.15, 0.2) is 79.1 Å². The number of nitro groups is 1. The van der Waals surface area contributed by atoms with E-state index in [4.69, 9.17) is 8.83 Å². The highest BCUT2D eigenvalue weighted by Crippen LogP contribution is 2.22. The SMILES string of the molecule is Cc1ccc(N=c2scc(-c3ccco3)n2N=Cc2ccc([N+](=O)[O-])o2)cc1. The molecule has 0 amide bonds. The number of aromatic nitrogens is 1. The fourth-order valence-electron chi connectivity index (χ4n) is 2.44. The second-order valence-electron chi connectivity index (χ2n) is 5.82. The van der Waals surface area contributed by atoms with Crippen molar-refractivity contribution in [2.75, 3.05) is 0 Å². The molecule has 1 aromatic carbocycles. The molecule has 8 nitrogen and oxygen atoms in total. The number of rotatable bonds is 5. The van der Waals surface area contributed by atoms with Gasteiger partial charge in [-0.3, -0.25) is 10.1 Å². The molecule has 3 heterocycles. The van der Waals surface area contributed by atoms with E-state index in [9.17, 15) is 10.1 Å². The highest BCUT2D eigenvalue weighted by Gasteiger charge is 2.12. The molecule has 0 bridgehead atoms. The van der Waals surface area contributed by atoms with Crippen molar-refractivity contribution in [3.05, 3.63) is 86.4 Å².